The van der Waals surface area contributed by atoms with Gasteiger partial charge in [0, 0.05) is 22.7 Å². The molecule has 0 aromatic heterocycles. The van der Waals surface area contributed by atoms with E-state index in [0.29, 0.717) is 0 Å². The monoisotopic (exact) mass is 329 g/mol. The molecule has 0 aliphatic heterocycles. The Morgan fingerprint density at radius 2 is 1.95 bits per heavy atom. The summed E-state index contributed by atoms with van der Waals surface area (Å²) < 4.78 is 6.21. The molecule has 1 unspecified atom stereocenters. The number of hydrogen-bond donors (Lipinski definition) is 1. The summed E-state index contributed by atoms with van der Waals surface area (Å²) in [5, 5.41) is 5.14. The van der Waals surface area contributed by atoms with Gasteiger partial charge in [-0.3, -0.25) is 0 Å². The zero-order chi connectivity index (χ0) is 15.3. The average molecular weight is 330 g/mol. The van der Waals surface area contributed by atoms with E-state index in [2.05, 4.69) is 19.2 Å². The minimum absolute atomic E-state index is 0.0591. The molecule has 2 nitrogen and oxygen atoms in total. The first-order valence-corrected chi connectivity index (χ1v) is 8.68. The summed E-state index contributed by atoms with van der Waals surface area (Å²) in [5.41, 5.74) is 1.04. The average Bonchev–Trinajstić information content (AvgIpc) is 2.92. The van der Waals surface area contributed by atoms with Gasteiger partial charge < -0.3 is 10.1 Å². The van der Waals surface area contributed by atoms with E-state index in [1.165, 1.54) is 12.8 Å². The highest BCUT2D eigenvalue weighted by molar-refractivity contribution is 6.33. The van der Waals surface area contributed by atoms with Crippen LogP contribution < -0.4 is 5.32 Å². The van der Waals surface area contributed by atoms with Crippen LogP contribution in [0.25, 0.3) is 0 Å². The van der Waals surface area contributed by atoms with Crippen LogP contribution in [-0.2, 0) is 11.2 Å². The molecule has 118 valence electrons. The van der Waals surface area contributed by atoms with Gasteiger partial charge in [-0.05, 0) is 56.5 Å². The van der Waals surface area contributed by atoms with E-state index in [9.17, 15) is 0 Å². The summed E-state index contributed by atoms with van der Waals surface area (Å²) in [5.74, 6) is 0. The first-order valence-electron chi connectivity index (χ1n) is 7.92. The Labute approximate surface area is 138 Å². The molecule has 1 atom stereocenters. The van der Waals surface area contributed by atoms with Crippen molar-refractivity contribution in [1.82, 2.24) is 5.32 Å². The van der Waals surface area contributed by atoms with Crippen molar-refractivity contribution in [2.75, 3.05) is 13.2 Å². The quantitative estimate of drug-likeness (QED) is 0.771. The normalized spacial score (nSPS) is 18.9. The van der Waals surface area contributed by atoms with Gasteiger partial charge in [0.2, 0.25) is 0 Å². The first-order chi connectivity index (χ1) is 10.1. The van der Waals surface area contributed by atoms with Gasteiger partial charge in [0.25, 0.3) is 0 Å². The Balaban J connectivity index is 2.23. The summed E-state index contributed by atoms with van der Waals surface area (Å²) >= 11 is 12.5. The number of likely N-dealkylation sites (N-methyl/N-ethyl adjacent to an activating group) is 1. The SMILES string of the molecule is CCNC(Cc1cc(Cl)ccc1Cl)C1(OCC)CCCC1. The van der Waals surface area contributed by atoms with Gasteiger partial charge in [-0.15, -0.1) is 0 Å². The predicted octanol–water partition coefficient (Wildman–Crippen LogP) is 4.86. The summed E-state index contributed by atoms with van der Waals surface area (Å²) in [7, 11) is 0. The van der Waals surface area contributed by atoms with Crippen LogP contribution in [0, 0.1) is 0 Å². The molecule has 1 aromatic carbocycles. The summed E-state index contributed by atoms with van der Waals surface area (Å²) in [4.78, 5) is 0. The maximum atomic E-state index is 6.34. The fourth-order valence-electron chi connectivity index (χ4n) is 3.46. The predicted molar refractivity (Wildman–Crippen MR) is 90.5 cm³/mol. The van der Waals surface area contributed by atoms with Crippen LogP contribution in [0.2, 0.25) is 10.0 Å². The molecule has 0 radical (unpaired) electrons. The molecule has 21 heavy (non-hydrogen) atoms. The Hall–Kier alpha value is -0.280. The van der Waals surface area contributed by atoms with Crippen molar-refractivity contribution in [3.63, 3.8) is 0 Å². The zero-order valence-corrected chi connectivity index (χ0v) is 14.4. The molecular weight excluding hydrogens is 305 g/mol. The van der Waals surface area contributed by atoms with Gasteiger partial charge in [0.15, 0.2) is 0 Å². The molecule has 0 amide bonds. The highest BCUT2D eigenvalue weighted by atomic mass is 35.5. The molecule has 4 heteroatoms. The maximum Gasteiger partial charge on any atom is 0.0837 e. The lowest BCUT2D eigenvalue weighted by Gasteiger charge is -2.38. The molecular formula is C17H25Cl2NO. The second-order valence-electron chi connectivity index (χ2n) is 5.76. The highest BCUT2D eigenvalue weighted by Crippen LogP contribution is 2.38. The largest absolute Gasteiger partial charge is 0.374 e. The third kappa shape index (κ3) is 4.13. The third-order valence-corrected chi connectivity index (χ3v) is 5.00. The van der Waals surface area contributed by atoms with Crippen molar-refractivity contribution >= 4 is 23.2 Å². The molecule has 1 fully saturated rings. The lowest BCUT2D eigenvalue weighted by atomic mass is 9.87. The fourth-order valence-corrected chi connectivity index (χ4v) is 3.85. The van der Waals surface area contributed by atoms with E-state index in [1.54, 1.807) is 0 Å². The number of ether oxygens (including phenoxy) is 1. The Kier molecular flexibility index (Phi) is 6.36. The third-order valence-electron chi connectivity index (χ3n) is 4.40. The first kappa shape index (κ1) is 17.1. The van der Waals surface area contributed by atoms with Crippen LogP contribution in [0.5, 0.6) is 0 Å². The van der Waals surface area contributed by atoms with E-state index in [0.717, 1.165) is 48.0 Å². The molecule has 1 N–H and O–H groups in total. The molecule has 1 aliphatic carbocycles. The van der Waals surface area contributed by atoms with Crippen molar-refractivity contribution in [3.05, 3.63) is 33.8 Å². The molecule has 0 heterocycles. The van der Waals surface area contributed by atoms with Crippen molar-refractivity contribution in [2.45, 2.75) is 57.6 Å². The van der Waals surface area contributed by atoms with Crippen LogP contribution >= 0.6 is 23.2 Å². The van der Waals surface area contributed by atoms with Crippen molar-refractivity contribution < 1.29 is 4.74 Å². The van der Waals surface area contributed by atoms with Gasteiger partial charge in [-0.25, -0.2) is 0 Å². The minimum atomic E-state index is -0.0591. The topological polar surface area (TPSA) is 21.3 Å². The highest BCUT2D eigenvalue weighted by Gasteiger charge is 2.41. The van der Waals surface area contributed by atoms with Gasteiger partial charge in [0.1, 0.15) is 0 Å². The molecule has 1 aliphatic rings. The Morgan fingerprint density at radius 3 is 2.57 bits per heavy atom. The van der Waals surface area contributed by atoms with Crippen LogP contribution in [0.3, 0.4) is 0 Å². The second kappa shape index (κ2) is 7.82. The summed E-state index contributed by atoms with van der Waals surface area (Å²) in [6.07, 6.45) is 5.58. The number of benzene rings is 1. The second-order valence-corrected chi connectivity index (χ2v) is 6.60. The van der Waals surface area contributed by atoms with E-state index in [1.807, 2.05) is 18.2 Å². The molecule has 0 spiro atoms. The standard InChI is InChI=1S/C17H25Cl2NO/c1-3-20-16(17(21-4-2)9-5-6-10-17)12-13-11-14(18)7-8-15(13)19/h7-8,11,16,20H,3-6,9-10,12H2,1-2H3. The Bertz CT molecular complexity index is 458. The Morgan fingerprint density at radius 1 is 1.24 bits per heavy atom. The minimum Gasteiger partial charge on any atom is -0.374 e. The zero-order valence-electron chi connectivity index (χ0n) is 12.9. The lowest BCUT2D eigenvalue weighted by Crippen LogP contribution is -2.52. The van der Waals surface area contributed by atoms with Crippen molar-refractivity contribution in [3.8, 4) is 0 Å². The van der Waals surface area contributed by atoms with Crippen LogP contribution in [0.1, 0.15) is 45.1 Å². The van der Waals surface area contributed by atoms with E-state index in [-0.39, 0.29) is 11.6 Å². The number of rotatable bonds is 7. The molecule has 0 saturated heterocycles. The summed E-state index contributed by atoms with van der Waals surface area (Å²) in [6, 6.07) is 5.97. The maximum absolute atomic E-state index is 6.34. The van der Waals surface area contributed by atoms with Crippen LogP contribution in [-0.4, -0.2) is 24.8 Å². The van der Waals surface area contributed by atoms with Gasteiger partial charge in [-0.1, -0.05) is 43.0 Å². The van der Waals surface area contributed by atoms with Crippen molar-refractivity contribution in [2.24, 2.45) is 0 Å². The number of hydrogen-bond acceptors (Lipinski definition) is 2. The number of halogens is 2. The number of nitrogens with one attached hydrogen (secondary N) is 1. The molecule has 1 aromatic rings. The lowest BCUT2D eigenvalue weighted by molar-refractivity contribution is -0.0609. The van der Waals surface area contributed by atoms with Crippen LogP contribution in [0.4, 0.5) is 0 Å². The molecule has 0 bridgehead atoms. The van der Waals surface area contributed by atoms with Gasteiger partial charge in [0.05, 0.1) is 5.60 Å². The fraction of sp³-hybridized carbons (Fsp3) is 0.647. The van der Waals surface area contributed by atoms with Crippen LogP contribution in [0.15, 0.2) is 18.2 Å². The van der Waals surface area contributed by atoms with E-state index >= 15 is 0 Å². The van der Waals surface area contributed by atoms with Gasteiger partial charge >= 0.3 is 0 Å². The molecule has 1 saturated carbocycles. The smallest absolute Gasteiger partial charge is 0.0837 e. The van der Waals surface area contributed by atoms with Gasteiger partial charge in [-0.2, -0.15) is 0 Å². The van der Waals surface area contributed by atoms with Crippen molar-refractivity contribution in [1.29, 1.82) is 0 Å². The molecule has 2 rings (SSSR count). The van der Waals surface area contributed by atoms with E-state index in [4.69, 9.17) is 27.9 Å². The van der Waals surface area contributed by atoms with E-state index < -0.39 is 0 Å². The summed E-state index contributed by atoms with van der Waals surface area (Å²) in [6.45, 7) is 5.90.